The van der Waals surface area contributed by atoms with Gasteiger partial charge in [-0.1, -0.05) is 31.9 Å². The first kappa shape index (κ1) is 17.1. The fourth-order valence-electron chi connectivity index (χ4n) is 1.97. The second-order valence-corrected chi connectivity index (χ2v) is 6.72. The van der Waals surface area contributed by atoms with Crippen LogP contribution >= 0.6 is 0 Å². The molecule has 1 rings (SSSR count). The second kappa shape index (κ2) is 9.10. The summed E-state index contributed by atoms with van der Waals surface area (Å²) < 4.78 is 26.7. The van der Waals surface area contributed by atoms with E-state index in [2.05, 4.69) is 17.0 Å². The Morgan fingerprint density at radius 1 is 1.00 bits per heavy atom. The lowest BCUT2D eigenvalue weighted by atomic mass is 10.1. The zero-order chi connectivity index (χ0) is 14.8. The van der Waals surface area contributed by atoms with Crippen LogP contribution in [0.2, 0.25) is 0 Å². The first-order chi connectivity index (χ1) is 9.60. The van der Waals surface area contributed by atoms with Crippen LogP contribution in [0.3, 0.4) is 0 Å². The van der Waals surface area contributed by atoms with Crippen LogP contribution in [-0.4, -0.2) is 28.6 Å². The highest BCUT2D eigenvalue weighted by molar-refractivity contribution is 7.89. The summed E-state index contributed by atoms with van der Waals surface area (Å²) in [4.78, 5) is 0.353. The summed E-state index contributed by atoms with van der Waals surface area (Å²) in [6, 6.07) is 7.18. The largest absolute Gasteiger partial charge is 0.320 e. The smallest absolute Gasteiger partial charge is 0.240 e. The van der Waals surface area contributed by atoms with Crippen LogP contribution in [0, 0.1) is 0 Å². The van der Waals surface area contributed by atoms with E-state index in [1.807, 2.05) is 19.2 Å². The minimum absolute atomic E-state index is 0.353. The lowest BCUT2D eigenvalue weighted by Gasteiger charge is -2.07. The molecule has 0 aliphatic rings. The SMILES string of the molecule is CCCCCNS(=O)(=O)c1ccc(CCCNC)cc1. The number of sulfonamides is 1. The van der Waals surface area contributed by atoms with Gasteiger partial charge in [-0.3, -0.25) is 0 Å². The maximum atomic E-state index is 12.0. The molecule has 0 aliphatic heterocycles. The van der Waals surface area contributed by atoms with E-state index < -0.39 is 10.0 Å². The Hall–Kier alpha value is -0.910. The molecule has 1 aromatic carbocycles. The summed E-state index contributed by atoms with van der Waals surface area (Å²) in [5.41, 5.74) is 1.17. The predicted octanol–water partition coefficient (Wildman–Crippen LogP) is 2.31. The summed E-state index contributed by atoms with van der Waals surface area (Å²) in [6.07, 6.45) is 5.04. The van der Waals surface area contributed by atoms with Gasteiger partial charge < -0.3 is 5.32 Å². The predicted molar refractivity (Wildman–Crippen MR) is 83.4 cm³/mol. The number of unbranched alkanes of at least 4 members (excludes halogenated alkanes) is 2. The topological polar surface area (TPSA) is 58.2 Å². The Labute approximate surface area is 123 Å². The van der Waals surface area contributed by atoms with E-state index in [-0.39, 0.29) is 0 Å². The maximum absolute atomic E-state index is 12.0. The summed E-state index contributed by atoms with van der Waals surface area (Å²) in [5.74, 6) is 0. The fraction of sp³-hybridized carbons (Fsp3) is 0.600. The maximum Gasteiger partial charge on any atom is 0.240 e. The Kier molecular flexibility index (Phi) is 7.80. The number of rotatable bonds is 10. The lowest BCUT2D eigenvalue weighted by Crippen LogP contribution is -2.24. The van der Waals surface area contributed by atoms with Crippen molar-refractivity contribution in [1.29, 1.82) is 0 Å². The van der Waals surface area contributed by atoms with E-state index >= 15 is 0 Å². The molecule has 0 bridgehead atoms. The van der Waals surface area contributed by atoms with Crippen LogP contribution in [0.4, 0.5) is 0 Å². The Morgan fingerprint density at radius 3 is 2.30 bits per heavy atom. The number of benzene rings is 1. The van der Waals surface area contributed by atoms with Crippen molar-refractivity contribution in [1.82, 2.24) is 10.0 Å². The van der Waals surface area contributed by atoms with E-state index in [1.165, 1.54) is 5.56 Å². The molecule has 0 unspecified atom stereocenters. The van der Waals surface area contributed by atoms with E-state index in [0.29, 0.717) is 11.4 Å². The lowest BCUT2D eigenvalue weighted by molar-refractivity contribution is 0.576. The standard InChI is InChI=1S/C15H26N2O2S/c1-3-4-5-13-17-20(18,19)15-10-8-14(9-11-15)7-6-12-16-2/h8-11,16-17H,3-7,12-13H2,1-2H3. The molecule has 0 saturated carbocycles. The first-order valence-corrected chi connectivity index (χ1v) is 8.81. The summed E-state index contributed by atoms with van der Waals surface area (Å²) in [5, 5.41) is 3.10. The average Bonchev–Trinajstić information content (AvgIpc) is 2.45. The van der Waals surface area contributed by atoms with Crippen LogP contribution in [-0.2, 0) is 16.4 Å². The van der Waals surface area contributed by atoms with Crippen molar-refractivity contribution in [3.8, 4) is 0 Å². The molecular formula is C15H26N2O2S. The van der Waals surface area contributed by atoms with Gasteiger partial charge in [-0.15, -0.1) is 0 Å². The van der Waals surface area contributed by atoms with Gasteiger partial charge in [0, 0.05) is 6.54 Å². The number of hydrogen-bond acceptors (Lipinski definition) is 3. The molecule has 5 heteroatoms. The van der Waals surface area contributed by atoms with Crippen molar-refractivity contribution in [2.75, 3.05) is 20.1 Å². The molecule has 0 spiro atoms. The Balaban J connectivity index is 2.53. The van der Waals surface area contributed by atoms with Crippen LogP contribution in [0.25, 0.3) is 0 Å². The third-order valence-electron chi connectivity index (χ3n) is 3.20. The minimum Gasteiger partial charge on any atom is -0.320 e. The van der Waals surface area contributed by atoms with Gasteiger partial charge in [0.05, 0.1) is 4.90 Å². The normalized spacial score (nSPS) is 11.7. The average molecular weight is 298 g/mol. The Morgan fingerprint density at radius 2 is 1.70 bits per heavy atom. The third-order valence-corrected chi connectivity index (χ3v) is 4.68. The summed E-state index contributed by atoms with van der Waals surface area (Å²) >= 11 is 0. The third kappa shape index (κ3) is 6.03. The van der Waals surface area contributed by atoms with Crippen LogP contribution in [0.1, 0.15) is 38.2 Å². The molecule has 0 radical (unpaired) electrons. The molecule has 0 heterocycles. The van der Waals surface area contributed by atoms with Gasteiger partial charge in [-0.25, -0.2) is 13.1 Å². The minimum atomic E-state index is -3.35. The van der Waals surface area contributed by atoms with E-state index in [4.69, 9.17) is 0 Å². The number of hydrogen-bond donors (Lipinski definition) is 2. The zero-order valence-electron chi connectivity index (χ0n) is 12.5. The van der Waals surface area contributed by atoms with Gasteiger partial charge in [0.25, 0.3) is 0 Å². The molecule has 0 atom stereocenters. The molecule has 0 saturated heterocycles. The van der Waals surface area contributed by atoms with Crippen LogP contribution in [0.15, 0.2) is 29.2 Å². The van der Waals surface area contributed by atoms with Crippen LogP contribution < -0.4 is 10.0 Å². The van der Waals surface area contributed by atoms with Gasteiger partial charge in [-0.05, 0) is 50.6 Å². The van der Waals surface area contributed by atoms with Crippen molar-refractivity contribution in [2.45, 2.75) is 43.9 Å². The highest BCUT2D eigenvalue weighted by Crippen LogP contribution is 2.12. The van der Waals surface area contributed by atoms with E-state index in [9.17, 15) is 8.42 Å². The second-order valence-electron chi connectivity index (χ2n) is 4.96. The van der Waals surface area contributed by atoms with E-state index in [0.717, 1.165) is 38.6 Å². The molecule has 2 N–H and O–H groups in total. The monoisotopic (exact) mass is 298 g/mol. The molecule has 0 aliphatic carbocycles. The molecule has 20 heavy (non-hydrogen) atoms. The Bertz CT molecular complexity index is 469. The number of aryl methyl sites for hydroxylation is 1. The van der Waals surface area contributed by atoms with Gasteiger partial charge in [0.2, 0.25) is 10.0 Å². The van der Waals surface area contributed by atoms with Crippen molar-refractivity contribution < 1.29 is 8.42 Å². The molecule has 0 aromatic heterocycles. The van der Waals surface area contributed by atoms with Crippen molar-refractivity contribution in [3.63, 3.8) is 0 Å². The van der Waals surface area contributed by atoms with Crippen molar-refractivity contribution in [2.24, 2.45) is 0 Å². The highest BCUT2D eigenvalue weighted by Gasteiger charge is 2.12. The van der Waals surface area contributed by atoms with Crippen molar-refractivity contribution in [3.05, 3.63) is 29.8 Å². The number of nitrogens with one attached hydrogen (secondary N) is 2. The van der Waals surface area contributed by atoms with Gasteiger partial charge in [0.1, 0.15) is 0 Å². The molecule has 0 amide bonds. The first-order valence-electron chi connectivity index (χ1n) is 7.33. The molecular weight excluding hydrogens is 272 g/mol. The molecule has 1 aromatic rings. The van der Waals surface area contributed by atoms with E-state index in [1.54, 1.807) is 12.1 Å². The van der Waals surface area contributed by atoms with Gasteiger partial charge in [-0.2, -0.15) is 0 Å². The van der Waals surface area contributed by atoms with Gasteiger partial charge in [0.15, 0.2) is 0 Å². The van der Waals surface area contributed by atoms with Crippen LogP contribution in [0.5, 0.6) is 0 Å². The van der Waals surface area contributed by atoms with Crippen molar-refractivity contribution >= 4 is 10.0 Å². The highest BCUT2D eigenvalue weighted by atomic mass is 32.2. The fourth-order valence-corrected chi connectivity index (χ4v) is 3.04. The zero-order valence-corrected chi connectivity index (χ0v) is 13.3. The molecule has 4 nitrogen and oxygen atoms in total. The molecule has 0 fully saturated rings. The summed E-state index contributed by atoms with van der Waals surface area (Å²) in [7, 11) is -1.41. The van der Waals surface area contributed by atoms with Gasteiger partial charge >= 0.3 is 0 Å². The summed E-state index contributed by atoms with van der Waals surface area (Å²) in [6.45, 7) is 3.58. The molecule has 114 valence electrons. The quantitative estimate of drug-likeness (QED) is 0.652.